The third-order valence-corrected chi connectivity index (χ3v) is 0. The van der Waals surface area contributed by atoms with Crippen LogP contribution in [0.3, 0.4) is 0 Å². The van der Waals surface area contributed by atoms with Gasteiger partial charge >= 0.3 is 60.8 Å². The molecule has 0 bridgehead atoms. The minimum Gasteiger partial charge on any atom is 0.316 e. The van der Waals surface area contributed by atoms with Gasteiger partial charge < -0.3 is 0 Å². The van der Waals surface area contributed by atoms with Crippen molar-refractivity contribution in [3.05, 3.63) is 0 Å². The molecule has 6 heteroatoms. The predicted molar refractivity (Wildman–Crippen MR) is 30.5 cm³/mol. The molecule has 2 N–H and O–H groups in total. The van der Waals surface area contributed by atoms with Crippen LogP contribution in [0, 0.1) is 0 Å². The van der Waals surface area contributed by atoms with E-state index in [1.54, 1.807) is 0 Å². The molecule has 0 atom stereocenters. The summed E-state index contributed by atoms with van der Waals surface area (Å²) in [6.07, 6.45) is 0. The molecule has 0 aliphatic carbocycles. The third kappa shape index (κ3) is 36.0. The zero-order valence-electron chi connectivity index (χ0n) is 1.71. The third-order valence-electron chi connectivity index (χ3n) is 0. The zero-order chi connectivity index (χ0) is 3.58. The fraction of sp³-hybridized carbons (Fsp3) is 0. The SMILES string of the molecule is O=S(O)O.[CaH2].[MgH2]. The van der Waals surface area contributed by atoms with Gasteiger partial charge in [0.2, 0.25) is 0 Å². The molecular weight excluding hydrogens is 144 g/mol. The van der Waals surface area contributed by atoms with Crippen LogP contribution in [0.4, 0.5) is 0 Å². The molecule has 6 heavy (non-hydrogen) atoms. The molecule has 0 aliphatic rings. The van der Waals surface area contributed by atoms with E-state index in [9.17, 15) is 0 Å². The van der Waals surface area contributed by atoms with Gasteiger partial charge in [0.15, 0.2) is 0 Å². The fourth-order valence-corrected chi connectivity index (χ4v) is 0. The van der Waals surface area contributed by atoms with Gasteiger partial charge in [0, 0.05) is 0 Å². The first-order valence-electron chi connectivity index (χ1n) is 0.532. The first-order valence-corrected chi connectivity index (χ1v) is 1.60. The van der Waals surface area contributed by atoms with Gasteiger partial charge in [0.05, 0.1) is 0 Å². The van der Waals surface area contributed by atoms with Crippen molar-refractivity contribution in [2.45, 2.75) is 0 Å². The summed E-state index contributed by atoms with van der Waals surface area (Å²) in [6, 6.07) is 0. The molecule has 34 valence electrons. The van der Waals surface area contributed by atoms with Crippen molar-refractivity contribution in [3.63, 3.8) is 0 Å². The Labute approximate surface area is 84.1 Å². The Morgan fingerprint density at radius 3 is 1.33 bits per heavy atom. The van der Waals surface area contributed by atoms with Crippen molar-refractivity contribution in [2.24, 2.45) is 0 Å². The Morgan fingerprint density at radius 2 is 1.33 bits per heavy atom. The van der Waals surface area contributed by atoms with Crippen LogP contribution in [0.2, 0.25) is 0 Å². The van der Waals surface area contributed by atoms with Gasteiger partial charge in [-0.15, -0.1) is 0 Å². The maximum Gasteiger partial charge on any atom is 0.316 e. The van der Waals surface area contributed by atoms with Crippen molar-refractivity contribution in [1.29, 1.82) is 0 Å². The average molecular weight is 150 g/mol. The van der Waals surface area contributed by atoms with Crippen LogP contribution in [0.25, 0.3) is 0 Å². The van der Waals surface area contributed by atoms with Crippen LogP contribution in [-0.2, 0) is 11.4 Å². The molecule has 3 nitrogen and oxygen atoms in total. The molecular formula is H6CaMgO3S. The number of hydrogen-bond acceptors (Lipinski definition) is 1. The second kappa shape index (κ2) is 10.2. The summed E-state index contributed by atoms with van der Waals surface area (Å²) in [5.74, 6) is 0. The maximum atomic E-state index is 8.67. The van der Waals surface area contributed by atoms with Gasteiger partial charge in [-0.25, -0.2) is 0 Å². The number of hydrogen-bond donors (Lipinski definition) is 2. The molecule has 0 aliphatic heterocycles. The monoisotopic (exact) mass is 150 g/mol. The van der Waals surface area contributed by atoms with Crippen molar-refractivity contribution in [2.75, 3.05) is 0 Å². The van der Waals surface area contributed by atoms with Crippen LogP contribution in [0.15, 0.2) is 0 Å². The van der Waals surface area contributed by atoms with Gasteiger partial charge in [-0.3, -0.25) is 9.11 Å². The van der Waals surface area contributed by atoms with Crippen LogP contribution in [0.5, 0.6) is 0 Å². The Morgan fingerprint density at radius 1 is 1.33 bits per heavy atom. The summed E-state index contributed by atoms with van der Waals surface area (Å²) < 4.78 is 22.8. The van der Waals surface area contributed by atoms with Gasteiger partial charge in [-0.05, 0) is 0 Å². The summed E-state index contributed by atoms with van der Waals surface area (Å²) in [6.45, 7) is 0. The van der Waals surface area contributed by atoms with Crippen LogP contribution < -0.4 is 0 Å². The van der Waals surface area contributed by atoms with Crippen molar-refractivity contribution in [3.8, 4) is 0 Å². The molecule has 0 saturated heterocycles. The Kier molecular flexibility index (Phi) is 26.6. The van der Waals surface area contributed by atoms with Crippen molar-refractivity contribution >= 4 is 72.2 Å². The van der Waals surface area contributed by atoms with E-state index in [0.717, 1.165) is 0 Å². The van der Waals surface area contributed by atoms with E-state index < -0.39 is 11.4 Å². The van der Waals surface area contributed by atoms with E-state index in [4.69, 9.17) is 13.3 Å². The quantitative estimate of drug-likeness (QED) is 0.306. The summed E-state index contributed by atoms with van der Waals surface area (Å²) in [5, 5.41) is 0. The van der Waals surface area contributed by atoms with Gasteiger partial charge in [0.25, 0.3) is 11.4 Å². The van der Waals surface area contributed by atoms with Gasteiger partial charge in [0.1, 0.15) is 0 Å². The molecule has 0 radical (unpaired) electrons. The predicted octanol–water partition coefficient (Wildman–Crippen LogP) is -2.15. The van der Waals surface area contributed by atoms with E-state index in [-0.39, 0.29) is 60.8 Å². The average Bonchev–Trinajstić information content (AvgIpc) is 0.811. The topological polar surface area (TPSA) is 57.5 Å². The molecule has 0 amide bonds. The molecule has 0 aromatic carbocycles. The van der Waals surface area contributed by atoms with Crippen LogP contribution in [-0.4, -0.2) is 74.1 Å². The van der Waals surface area contributed by atoms with Gasteiger partial charge in [-0.1, -0.05) is 0 Å². The molecule has 0 fully saturated rings. The molecule has 0 aromatic heterocycles. The van der Waals surface area contributed by atoms with Crippen molar-refractivity contribution in [1.82, 2.24) is 0 Å². The molecule has 0 heterocycles. The summed E-state index contributed by atoms with van der Waals surface area (Å²) in [5.41, 5.74) is 0. The van der Waals surface area contributed by atoms with Gasteiger partial charge in [-0.2, -0.15) is 4.21 Å². The van der Waals surface area contributed by atoms with E-state index in [1.807, 2.05) is 0 Å². The maximum absolute atomic E-state index is 8.67. The minimum atomic E-state index is -2.61. The Balaban J connectivity index is -0.0000000450. The summed E-state index contributed by atoms with van der Waals surface area (Å²) in [4.78, 5) is 0. The smallest absolute Gasteiger partial charge is 0.316 e. The second-order valence-corrected chi connectivity index (χ2v) is 0.692. The number of rotatable bonds is 0. The van der Waals surface area contributed by atoms with E-state index in [0.29, 0.717) is 0 Å². The van der Waals surface area contributed by atoms with Crippen molar-refractivity contribution < 1.29 is 13.3 Å². The Hall–Kier alpha value is 2.10. The van der Waals surface area contributed by atoms with E-state index >= 15 is 0 Å². The first-order chi connectivity index (χ1) is 1.73. The zero-order valence-corrected chi connectivity index (χ0v) is 2.53. The standard InChI is InChI=1S/Ca.Mg.H2O3S.4H/c;;1-4(2)3;;;;/h;;(H2,1,2,3);;;;. The van der Waals surface area contributed by atoms with E-state index in [1.165, 1.54) is 0 Å². The minimum absolute atomic E-state index is 0. The molecule has 0 rings (SSSR count). The first kappa shape index (κ1) is 15.7. The van der Waals surface area contributed by atoms with E-state index in [2.05, 4.69) is 0 Å². The molecule has 0 saturated carbocycles. The summed E-state index contributed by atoms with van der Waals surface area (Å²) in [7, 11) is 0. The van der Waals surface area contributed by atoms with Crippen LogP contribution >= 0.6 is 0 Å². The fourth-order valence-electron chi connectivity index (χ4n) is 0. The largest absolute Gasteiger partial charge is 0.316 e. The summed E-state index contributed by atoms with van der Waals surface area (Å²) >= 11 is -2.61. The normalized spacial score (nSPS) is 5.83. The Bertz CT molecular complexity index is 33.8. The molecule has 0 unspecified atom stereocenters. The van der Waals surface area contributed by atoms with Crippen LogP contribution in [0.1, 0.15) is 0 Å². The molecule has 0 spiro atoms. The second-order valence-electron chi connectivity index (χ2n) is 0.231. The molecule has 0 aromatic rings.